The van der Waals surface area contributed by atoms with E-state index in [0.717, 1.165) is 93.7 Å². The van der Waals surface area contributed by atoms with Gasteiger partial charge in [-0.25, -0.2) is 0 Å². The first-order chi connectivity index (χ1) is 36.7. The Hall–Kier alpha value is -10.4. The van der Waals surface area contributed by atoms with Gasteiger partial charge in [-0.1, -0.05) is 170 Å². The normalized spacial score (nSPS) is 11.8. The SMILES string of the molecule is N#Cc1c(-c2ccc(-n3c4ccccc4c4ccccc43)cc2)c(C#N)c(-n2c3ccccc3c3ccccc32)c(-c2ccc(-n3c4ccccc4c4ccccc43)cc2)c1-n1c2ccccc2c2ccccc21. The fourth-order valence-corrected chi connectivity index (χ4v) is 12.2. The highest BCUT2D eigenvalue weighted by Crippen LogP contribution is 2.49. The summed E-state index contributed by atoms with van der Waals surface area (Å²) in [5, 5.41) is 33.2. The van der Waals surface area contributed by atoms with Crippen LogP contribution in [0.4, 0.5) is 0 Å². The zero-order chi connectivity index (χ0) is 49.0. The summed E-state index contributed by atoms with van der Waals surface area (Å²) in [4.78, 5) is 0. The summed E-state index contributed by atoms with van der Waals surface area (Å²) in [7, 11) is 0. The quantitative estimate of drug-likeness (QED) is 0.167. The Bertz CT molecular complexity index is 4540. The standard InChI is InChI=1S/C68H40N6/c69-41-55-65(43-33-37-45(38-34-43)71-57-25-9-1-17-47(57)48-18-2-10-26-58(48)71)56(42-70)68(74-63-31-15-7-23-53(63)54-24-8-16-32-64(54)74)66(67(55)73-61-29-13-5-21-51(61)52-22-6-14-30-62(52)73)44-35-39-46(40-36-44)72-59-27-11-3-19-49(59)50-20-4-12-28-60(50)72/h1-40H. The summed E-state index contributed by atoms with van der Waals surface area (Å²) < 4.78 is 9.16. The van der Waals surface area contributed by atoms with Gasteiger partial charge in [-0.2, -0.15) is 10.5 Å². The molecule has 6 heteroatoms. The number of benzene rings is 11. The fraction of sp³-hybridized carbons (Fsp3) is 0. The number of hydrogen-bond donors (Lipinski definition) is 0. The first-order valence-corrected chi connectivity index (χ1v) is 24.9. The van der Waals surface area contributed by atoms with E-state index >= 15 is 0 Å². The monoisotopic (exact) mass is 940 g/mol. The van der Waals surface area contributed by atoms with E-state index in [1.165, 1.54) is 21.5 Å². The van der Waals surface area contributed by atoms with E-state index in [9.17, 15) is 10.5 Å². The molecule has 0 aliphatic heterocycles. The summed E-state index contributed by atoms with van der Waals surface area (Å²) in [6, 6.07) is 90.6. The molecular weight excluding hydrogens is 901 g/mol. The van der Waals surface area contributed by atoms with Gasteiger partial charge in [0.2, 0.25) is 0 Å². The first-order valence-electron chi connectivity index (χ1n) is 24.9. The summed E-state index contributed by atoms with van der Waals surface area (Å²) in [6.07, 6.45) is 0. The van der Waals surface area contributed by atoms with Crippen LogP contribution in [0, 0.1) is 22.7 Å². The lowest BCUT2D eigenvalue weighted by atomic mass is 9.86. The molecule has 0 bridgehead atoms. The molecule has 74 heavy (non-hydrogen) atoms. The van der Waals surface area contributed by atoms with Crippen molar-refractivity contribution in [3.63, 3.8) is 0 Å². The second kappa shape index (κ2) is 16.1. The van der Waals surface area contributed by atoms with E-state index in [2.05, 4.69) is 273 Å². The van der Waals surface area contributed by atoms with Gasteiger partial charge in [0.05, 0.1) is 66.6 Å². The molecule has 0 fully saturated rings. The van der Waals surface area contributed by atoms with Crippen LogP contribution in [-0.2, 0) is 0 Å². The number of nitrogens with zero attached hydrogens (tertiary/aromatic N) is 6. The molecule has 15 aromatic rings. The maximum Gasteiger partial charge on any atom is 0.102 e. The van der Waals surface area contributed by atoms with E-state index in [4.69, 9.17) is 0 Å². The molecule has 11 aromatic carbocycles. The molecule has 0 atom stereocenters. The van der Waals surface area contributed by atoms with Crippen molar-refractivity contribution in [2.45, 2.75) is 0 Å². The van der Waals surface area contributed by atoms with E-state index in [0.29, 0.717) is 28.1 Å². The smallest absolute Gasteiger partial charge is 0.102 e. The number of hydrogen-bond acceptors (Lipinski definition) is 2. The van der Waals surface area contributed by atoms with Crippen molar-refractivity contribution in [1.82, 2.24) is 18.3 Å². The Kier molecular flexibility index (Phi) is 8.99. The average molecular weight is 941 g/mol. The molecule has 15 rings (SSSR count). The minimum atomic E-state index is 0.406. The highest BCUT2D eigenvalue weighted by molar-refractivity contribution is 6.15. The molecule has 0 unspecified atom stereocenters. The Morgan fingerprint density at radius 1 is 0.230 bits per heavy atom. The maximum absolute atomic E-state index is 12.1. The predicted octanol–water partition coefficient (Wildman–Crippen LogP) is 17.2. The summed E-state index contributed by atoms with van der Waals surface area (Å²) in [6.45, 7) is 0. The minimum Gasteiger partial charge on any atom is -0.309 e. The van der Waals surface area contributed by atoms with Crippen molar-refractivity contribution >= 4 is 87.2 Å². The zero-order valence-corrected chi connectivity index (χ0v) is 39.8. The molecule has 0 amide bonds. The summed E-state index contributed by atoms with van der Waals surface area (Å²) in [5.41, 5.74) is 15.4. The molecule has 342 valence electrons. The summed E-state index contributed by atoms with van der Waals surface area (Å²) >= 11 is 0. The lowest BCUT2D eigenvalue weighted by molar-refractivity contribution is 1.12. The van der Waals surface area contributed by atoms with Gasteiger partial charge in [0.25, 0.3) is 0 Å². The van der Waals surface area contributed by atoms with Crippen LogP contribution in [-0.4, -0.2) is 18.3 Å². The van der Waals surface area contributed by atoms with Gasteiger partial charge in [0, 0.05) is 65.6 Å². The lowest BCUT2D eigenvalue weighted by Gasteiger charge is -2.25. The van der Waals surface area contributed by atoms with Gasteiger partial charge < -0.3 is 18.3 Å². The van der Waals surface area contributed by atoms with Crippen LogP contribution in [0.3, 0.4) is 0 Å². The number of fused-ring (bicyclic) bond motifs is 12. The van der Waals surface area contributed by atoms with Gasteiger partial charge in [0.1, 0.15) is 12.1 Å². The predicted molar refractivity (Wildman–Crippen MR) is 304 cm³/mol. The molecule has 0 spiro atoms. The first kappa shape index (κ1) is 41.4. The van der Waals surface area contributed by atoms with Crippen molar-refractivity contribution in [3.05, 3.63) is 254 Å². The maximum atomic E-state index is 12.1. The highest BCUT2D eigenvalue weighted by atomic mass is 15.0. The van der Waals surface area contributed by atoms with Crippen LogP contribution in [0.2, 0.25) is 0 Å². The molecule has 0 N–H and O–H groups in total. The number of para-hydroxylation sites is 8. The molecule has 0 saturated heterocycles. The lowest BCUT2D eigenvalue weighted by Crippen LogP contribution is -2.11. The van der Waals surface area contributed by atoms with Crippen molar-refractivity contribution in [2.75, 3.05) is 0 Å². The van der Waals surface area contributed by atoms with Crippen LogP contribution in [0.25, 0.3) is 132 Å². The Morgan fingerprint density at radius 3 is 0.689 bits per heavy atom. The Morgan fingerprint density at radius 2 is 0.446 bits per heavy atom. The van der Waals surface area contributed by atoms with E-state index in [-0.39, 0.29) is 0 Å². The largest absolute Gasteiger partial charge is 0.309 e. The van der Waals surface area contributed by atoms with Crippen molar-refractivity contribution in [2.24, 2.45) is 0 Å². The van der Waals surface area contributed by atoms with E-state index in [1.54, 1.807) is 0 Å². The fourth-order valence-electron chi connectivity index (χ4n) is 12.2. The molecule has 6 nitrogen and oxygen atoms in total. The van der Waals surface area contributed by atoms with Gasteiger partial charge in [-0.3, -0.25) is 0 Å². The van der Waals surface area contributed by atoms with Gasteiger partial charge in [-0.05, 0) is 83.9 Å². The average Bonchev–Trinajstić information content (AvgIpc) is 4.21. The molecule has 0 radical (unpaired) electrons. The van der Waals surface area contributed by atoms with Crippen molar-refractivity contribution in [3.8, 4) is 57.1 Å². The van der Waals surface area contributed by atoms with E-state index < -0.39 is 0 Å². The molecule has 4 aromatic heterocycles. The third-order valence-corrected chi connectivity index (χ3v) is 15.3. The van der Waals surface area contributed by atoms with Crippen molar-refractivity contribution < 1.29 is 0 Å². The van der Waals surface area contributed by atoms with Crippen LogP contribution in [0.15, 0.2) is 243 Å². The van der Waals surface area contributed by atoms with Gasteiger partial charge in [0.15, 0.2) is 0 Å². The topological polar surface area (TPSA) is 67.3 Å². The third-order valence-electron chi connectivity index (χ3n) is 15.3. The van der Waals surface area contributed by atoms with Crippen LogP contribution in [0.1, 0.15) is 11.1 Å². The van der Waals surface area contributed by atoms with Crippen LogP contribution in [0.5, 0.6) is 0 Å². The number of aromatic nitrogens is 4. The molecule has 0 aliphatic rings. The number of nitriles is 2. The van der Waals surface area contributed by atoms with Crippen LogP contribution >= 0.6 is 0 Å². The van der Waals surface area contributed by atoms with Crippen LogP contribution < -0.4 is 0 Å². The second-order valence-electron chi connectivity index (χ2n) is 19.0. The Labute approximate surface area is 424 Å². The summed E-state index contributed by atoms with van der Waals surface area (Å²) in [5.74, 6) is 0. The zero-order valence-electron chi connectivity index (χ0n) is 39.8. The molecule has 0 saturated carbocycles. The third kappa shape index (κ3) is 5.79. The molecule has 0 aliphatic carbocycles. The molecule has 4 heterocycles. The highest BCUT2D eigenvalue weighted by Gasteiger charge is 2.32. The van der Waals surface area contributed by atoms with Gasteiger partial charge in [-0.15, -0.1) is 0 Å². The minimum absolute atomic E-state index is 0.406. The number of rotatable bonds is 6. The second-order valence-corrected chi connectivity index (χ2v) is 19.0. The molecular formula is C68H40N6. The van der Waals surface area contributed by atoms with E-state index in [1.807, 2.05) is 0 Å². The van der Waals surface area contributed by atoms with Crippen molar-refractivity contribution in [1.29, 1.82) is 10.5 Å². The Balaban J connectivity index is 1.09. The van der Waals surface area contributed by atoms with Gasteiger partial charge >= 0.3 is 0 Å².